The third-order valence-corrected chi connectivity index (χ3v) is 4.72. The highest BCUT2D eigenvalue weighted by Gasteiger charge is 2.51. The standard InChI is InChI=1S/C20H21ClN2O3/c1-2-12-20(15-6-4-3-5-7-15)18(24)23(19(25)22-20)13-14-26-17-10-8-16(21)9-11-17/h3-11H,2,12-14H2,1H3,(H,22,25). The van der Waals surface area contributed by atoms with Crippen molar-refractivity contribution < 1.29 is 14.3 Å². The van der Waals surface area contributed by atoms with Crippen molar-refractivity contribution in [3.05, 3.63) is 65.2 Å². The van der Waals surface area contributed by atoms with Gasteiger partial charge in [-0.3, -0.25) is 9.69 Å². The Hall–Kier alpha value is -2.53. The summed E-state index contributed by atoms with van der Waals surface area (Å²) < 4.78 is 5.62. The lowest BCUT2D eigenvalue weighted by atomic mass is 9.85. The van der Waals surface area contributed by atoms with Gasteiger partial charge in [-0.05, 0) is 36.2 Å². The van der Waals surface area contributed by atoms with Gasteiger partial charge in [0.15, 0.2) is 0 Å². The van der Waals surface area contributed by atoms with Crippen LogP contribution in [0.2, 0.25) is 5.02 Å². The van der Waals surface area contributed by atoms with E-state index in [9.17, 15) is 9.59 Å². The van der Waals surface area contributed by atoms with Crippen LogP contribution in [0.25, 0.3) is 0 Å². The summed E-state index contributed by atoms with van der Waals surface area (Å²) >= 11 is 5.85. The molecule has 1 aliphatic heterocycles. The van der Waals surface area contributed by atoms with Crippen LogP contribution in [0.1, 0.15) is 25.3 Å². The first-order valence-electron chi connectivity index (χ1n) is 8.65. The van der Waals surface area contributed by atoms with Gasteiger partial charge in [-0.15, -0.1) is 0 Å². The van der Waals surface area contributed by atoms with Gasteiger partial charge in [0.25, 0.3) is 5.91 Å². The topological polar surface area (TPSA) is 58.6 Å². The second kappa shape index (κ2) is 7.79. The van der Waals surface area contributed by atoms with E-state index in [2.05, 4.69) is 5.32 Å². The summed E-state index contributed by atoms with van der Waals surface area (Å²) in [6, 6.07) is 16.0. The second-order valence-electron chi connectivity index (χ2n) is 6.21. The Labute approximate surface area is 157 Å². The molecule has 0 radical (unpaired) electrons. The Morgan fingerprint density at radius 1 is 1.08 bits per heavy atom. The highest BCUT2D eigenvalue weighted by atomic mass is 35.5. The van der Waals surface area contributed by atoms with Gasteiger partial charge in [0.2, 0.25) is 0 Å². The van der Waals surface area contributed by atoms with E-state index in [0.717, 1.165) is 12.0 Å². The zero-order valence-electron chi connectivity index (χ0n) is 14.6. The molecule has 1 saturated heterocycles. The average Bonchev–Trinajstić information content (AvgIpc) is 2.89. The number of halogens is 1. The number of imide groups is 1. The van der Waals surface area contributed by atoms with Gasteiger partial charge in [0, 0.05) is 5.02 Å². The molecule has 1 heterocycles. The molecule has 136 valence electrons. The minimum absolute atomic E-state index is 0.186. The van der Waals surface area contributed by atoms with Crippen LogP contribution in [0.5, 0.6) is 5.75 Å². The molecule has 6 heteroatoms. The summed E-state index contributed by atoms with van der Waals surface area (Å²) in [7, 11) is 0. The van der Waals surface area contributed by atoms with Gasteiger partial charge >= 0.3 is 6.03 Å². The second-order valence-corrected chi connectivity index (χ2v) is 6.65. The number of hydrogen-bond donors (Lipinski definition) is 1. The van der Waals surface area contributed by atoms with Gasteiger partial charge < -0.3 is 10.1 Å². The van der Waals surface area contributed by atoms with Crippen LogP contribution in [-0.4, -0.2) is 30.0 Å². The van der Waals surface area contributed by atoms with Crippen LogP contribution in [0.3, 0.4) is 0 Å². The zero-order chi connectivity index (χ0) is 18.6. The first kappa shape index (κ1) is 18.3. The summed E-state index contributed by atoms with van der Waals surface area (Å²) in [5, 5.41) is 3.53. The number of rotatable bonds is 7. The lowest BCUT2D eigenvalue weighted by molar-refractivity contribution is -0.132. The molecule has 2 aromatic carbocycles. The number of nitrogens with one attached hydrogen (secondary N) is 1. The van der Waals surface area contributed by atoms with Crippen molar-refractivity contribution in [2.24, 2.45) is 0 Å². The minimum Gasteiger partial charge on any atom is -0.492 e. The molecule has 0 spiro atoms. The van der Waals surface area contributed by atoms with Gasteiger partial charge in [-0.2, -0.15) is 0 Å². The maximum Gasteiger partial charge on any atom is 0.325 e. The first-order valence-corrected chi connectivity index (χ1v) is 9.02. The number of amides is 3. The molecule has 2 aromatic rings. The van der Waals surface area contributed by atoms with Gasteiger partial charge in [0.1, 0.15) is 17.9 Å². The fourth-order valence-electron chi connectivity index (χ4n) is 3.22. The quantitative estimate of drug-likeness (QED) is 0.748. The van der Waals surface area contributed by atoms with E-state index in [4.69, 9.17) is 16.3 Å². The maximum absolute atomic E-state index is 13.1. The Balaban J connectivity index is 1.72. The zero-order valence-corrected chi connectivity index (χ0v) is 15.3. The summed E-state index contributed by atoms with van der Waals surface area (Å²) in [5.74, 6) is 0.416. The molecule has 1 N–H and O–H groups in total. The van der Waals surface area contributed by atoms with Crippen LogP contribution in [-0.2, 0) is 10.3 Å². The molecule has 1 atom stereocenters. The fraction of sp³-hybridized carbons (Fsp3) is 0.300. The van der Waals surface area contributed by atoms with E-state index in [1.807, 2.05) is 37.3 Å². The third-order valence-electron chi connectivity index (χ3n) is 4.46. The van der Waals surface area contributed by atoms with Gasteiger partial charge in [-0.1, -0.05) is 55.3 Å². The third kappa shape index (κ3) is 3.53. The van der Waals surface area contributed by atoms with E-state index < -0.39 is 5.54 Å². The van der Waals surface area contributed by atoms with Crippen LogP contribution >= 0.6 is 11.6 Å². The van der Waals surface area contributed by atoms with E-state index in [1.165, 1.54) is 4.90 Å². The van der Waals surface area contributed by atoms with Gasteiger partial charge in [0.05, 0.1) is 6.54 Å². The molecule has 0 saturated carbocycles. The molecule has 3 amide bonds. The summed E-state index contributed by atoms with van der Waals surface area (Å²) in [6.07, 6.45) is 1.33. The van der Waals surface area contributed by atoms with Crippen LogP contribution in [0, 0.1) is 0 Å². The molecule has 0 bridgehead atoms. The predicted molar refractivity (Wildman–Crippen MR) is 100 cm³/mol. The molecule has 5 nitrogen and oxygen atoms in total. The average molecular weight is 373 g/mol. The number of ether oxygens (including phenoxy) is 1. The number of nitrogens with zero attached hydrogens (tertiary/aromatic N) is 1. The molecule has 0 aliphatic carbocycles. The van der Waals surface area contributed by atoms with Crippen molar-refractivity contribution in [1.29, 1.82) is 0 Å². The van der Waals surface area contributed by atoms with Crippen LogP contribution < -0.4 is 10.1 Å². The van der Waals surface area contributed by atoms with Crippen molar-refractivity contribution in [2.45, 2.75) is 25.3 Å². The lowest BCUT2D eigenvalue weighted by Gasteiger charge is -2.27. The molecule has 26 heavy (non-hydrogen) atoms. The van der Waals surface area contributed by atoms with E-state index in [0.29, 0.717) is 17.2 Å². The normalized spacial score (nSPS) is 19.5. The molecule has 1 aliphatic rings. The smallest absolute Gasteiger partial charge is 0.325 e. The number of urea groups is 1. The number of hydrogen-bond acceptors (Lipinski definition) is 3. The maximum atomic E-state index is 13.1. The molecule has 1 fully saturated rings. The number of benzene rings is 2. The predicted octanol–water partition coefficient (Wildman–Crippen LogP) is 3.97. The minimum atomic E-state index is -0.993. The Morgan fingerprint density at radius 3 is 2.42 bits per heavy atom. The van der Waals surface area contributed by atoms with Crippen molar-refractivity contribution in [3.63, 3.8) is 0 Å². The largest absolute Gasteiger partial charge is 0.492 e. The highest BCUT2D eigenvalue weighted by molar-refractivity contribution is 6.30. The molecule has 1 unspecified atom stereocenters. The molecule has 3 rings (SSSR count). The Morgan fingerprint density at radius 2 is 1.77 bits per heavy atom. The monoisotopic (exact) mass is 372 g/mol. The van der Waals surface area contributed by atoms with Gasteiger partial charge in [-0.25, -0.2) is 4.79 Å². The lowest BCUT2D eigenvalue weighted by Crippen LogP contribution is -2.44. The van der Waals surface area contributed by atoms with Crippen LogP contribution in [0.4, 0.5) is 4.79 Å². The van der Waals surface area contributed by atoms with E-state index in [-0.39, 0.29) is 25.1 Å². The van der Waals surface area contributed by atoms with Crippen molar-refractivity contribution in [1.82, 2.24) is 10.2 Å². The fourth-order valence-corrected chi connectivity index (χ4v) is 3.35. The van der Waals surface area contributed by atoms with E-state index in [1.54, 1.807) is 24.3 Å². The SMILES string of the molecule is CCCC1(c2ccccc2)NC(=O)N(CCOc2ccc(Cl)cc2)C1=O. The highest BCUT2D eigenvalue weighted by Crippen LogP contribution is 2.33. The summed E-state index contributed by atoms with van der Waals surface area (Å²) in [5.41, 5.74) is -0.186. The van der Waals surface area contributed by atoms with Crippen molar-refractivity contribution >= 4 is 23.5 Å². The van der Waals surface area contributed by atoms with Crippen molar-refractivity contribution in [2.75, 3.05) is 13.2 Å². The summed E-state index contributed by atoms with van der Waals surface area (Å²) in [6.45, 7) is 2.40. The Bertz CT molecular complexity index is 779. The van der Waals surface area contributed by atoms with Crippen LogP contribution in [0.15, 0.2) is 54.6 Å². The number of carbonyl (C=O) groups excluding carboxylic acids is 2. The molecule has 0 aromatic heterocycles. The Kier molecular flexibility index (Phi) is 5.47. The molecular formula is C20H21ClN2O3. The summed E-state index contributed by atoms with van der Waals surface area (Å²) in [4.78, 5) is 26.8. The van der Waals surface area contributed by atoms with Crippen molar-refractivity contribution in [3.8, 4) is 5.75 Å². The molecular weight excluding hydrogens is 352 g/mol. The number of carbonyl (C=O) groups is 2. The van der Waals surface area contributed by atoms with E-state index >= 15 is 0 Å². The first-order chi connectivity index (χ1) is 12.6.